The van der Waals surface area contributed by atoms with Gasteiger partial charge in [0.1, 0.15) is 0 Å². The molecule has 1 saturated heterocycles. The standard InChI is InChI=1S/C20H26N2O4/c1-13-4-6-14(7-5-13)19(24)22-10-2-3-16(12-22)18(23)21-17-9-8-15(11-17)20(25)26/h4-7,15-17H,2-3,8-12H2,1H3,(H,21,23)(H,25,26)/t15-,16?,17+/m0/s1. The van der Waals surface area contributed by atoms with Crippen LogP contribution >= 0.6 is 0 Å². The van der Waals surface area contributed by atoms with Crippen molar-refractivity contribution in [3.05, 3.63) is 35.4 Å². The fraction of sp³-hybridized carbons (Fsp3) is 0.550. The van der Waals surface area contributed by atoms with Gasteiger partial charge in [0, 0.05) is 24.7 Å². The highest BCUT2D eigenvalue weighted by atomic mass is 16.4. The van der Waals surface area contributed by atoms with E-state index in [1.54, 1.807) is 4.90 Å². The average molecular weight is 358 g/mol. The van der Waals surface area contributed by atoms with Crippen LogP contribution in [0.2, 0.25) is 0 Å². The van der Waals surface area contributed by atoms with E-state index in [4.69, 9.17) is 5.11 Å². The molecule has 2 amide bonds. The van der Waals surface area contributed by atoms with Crippen LogP contribution in [0.3, 0.4) is 0 Å². The molecule has 2 fully saturated rings. The first kappa shape index (κ1) is 18.4. The number of benzene rings is 1. The molecule has 140 valence electrons. The molecule has 1 heterocycles. The van der Waals surface area contributed by atoms with Gasteiger partial charge in [-0.05, 0) is 51.2 Å². The molecule has 26 heavy (non-hydrogen) atoms. The number of nitrogens with zero attached hydrogens (tertiary/aromatic N) is 1. The fourth-order valence-corrected chi connectivity index (χ4v) is 3.91. The van der Waals surface area contributed by atoms with E-state index in [1.807, 2.05) is 31.2 Å². The number of rotatable bonds is 4. The molecule has 1 unspecified atom stereocenters. The number of nitrogens with one attached hydrogen (secondary N) is 1. The zero-order valence-electron chi connectivity index (χ0n) is 15.1. The van der Waals surface area contributed by atoms with Crippen LogP contribution in [0.5, 0.6) is 0 Å². The van der Waals surface area contributed by atoms with Crippen molar-refractivity contribution in [2.24, 2.45) is 11.8 Å². The number of carbonyl (C=O) groups excluding carboxylic acids is 2. The van der Waals surface area contributed by atoms with E-state index in [-0.39, 0.29) is 29.7 Å². The lowest BCUT2D eigenvalue weighted by atomic mass is 9.96. The van der Waals surface area contributed by atoms with Gasteiger partial charge in [-0.2, -0.15) is 0 Å². The van der Waals surface area contributed by atoms with Gasteiger partial charge in [-0.15, -0.1) is 0 Å². The van der Waals surface area contributed by atoms with E-state index < -0.39 is 5.97 Å². The molecule has 6 nitrogen and oxygen atoms in total. The molecule has 3 rings (SSSR count). The zero-order valence-corrected chi connectivity index (χ0v) is 15.1. The number of carboxylic acids is 1. The smallest absolute Gasteiger partial charge is 0.306 e. The second-order valence-corrected chi connectivity index (χ2v) is 7.51. The molecule has 2 aliphatic rings. The first-order valence-corrected chi connectivity index (χ1v) is 9.33. The van der Waals surface area contributed by atoms with Crippen molar-refractivity contribution in [1.29, 1.82) is 0 Å². The quantitative estimate of drug-likeness (QED) is 0.864. The Morgan fingerprint density at radius 3 is 2.46 bits per heavy atom. The lowest BCUT2D eigenvalue weighted by Gasteiger charge is -2.32. The van der Waals surface area contributed by atoms with Gasteiger partial charge in [0.05, 0.1) is 11.8 Å². The predicted octanol–water partition coefficient (Wildman–Crippen LogP) is 2.22. The van der Waals surface area contributed by atoms with Crippen molar-refractivity contribution < 1.29 is 19.5 Å². The molecular weight excluding hydrogens is 332 g/mol. The SMILES string of the molecule is Cc1ccc(C(=O)N2CCCC(C(=O)N[C@@H]3CC[C@H](C(=O)O)C3)C2)cc1. The van der Waals surface area contributed by atoms with Crippen molar-refractivity contribution in [1.82, 2.24) is 10.2 Å². The Balaban J connectivity index is 1.56. The minimum absolute atomic E-state index is 0.0330. The van der Waals surface area contributed by atoms with Crippen LogP contribution in [0.1, 0.15) is 48.0 Å². The zero-order chi connectivity index (χ0) is 18.7. The number of piperidine rings is 1. The maximum Gasteiger partial charge on any atom is 0.306 e. The molecule has 1 aliphatic carbocycles. The molecule has 1 saturated carbocycles. The highest BCUT2D eigenvalue weighted by molar-refractivity contribution is 5.94. The monoisotopic (exact) mass is 358 g/mol. The van der Waals surface area contributed by atoms with Crippen molar-refractivity contribution >= 4 is 17.8 Å². The number of hydrogen-bond donors (Lipinski definition) is 2. The largest absolute Gasteiger partial charge is 0.481 e. The van der Waals surface area contributed by atoms with E-state index in [0.29, 0.717) is 37.9 Å². The van der Waals surface area contributed by atoms with E-state index in [1.165, 1.54) is 0 Å². The highest BCUT2D eigenvalue weighted by Crippen LogP contribution is 2.27. The van der Waals surface area contributed by atoms with Gasteiger partial charge < -0.3 is 15.3 Å². The van der Waals surface area contributed by atoms with Crippen molar-refractivity contribution in [2.45, 2.75) is 45.1 Å². The summed E-state index contributed by atoms with van der Waals surface area (Å²) in [4.78, 5) is 38.1. The van der Waals surface area contributed by atoms with E-state index >= 15 is 0 Å². The molecule has 0 bridgehead atoms. The summed E-state index contributed by atoms with van der Waals surface area (Å²) in [5, 5.41) is 12.1. The maximum atomic E-state index is 12.7. The summed E-state index contributed by atoms with van der Waals surface area (Å²) in [6, 6.07) is 7.42. The lowest BCUT2D eigenvalue weighted by molar-refractivity contribution is -0.141. The molecule has 2 N–H and O–H groups in total. The van der Waals surface area contributed by atoms with Crippen LogP contribution in [0.15, 0.2) is 24.3 Å². The van der Waals surface area contributed by atoms with E-state index in [2.05, 4.69) is 5.32 Å². The minimum Gasteiger partial charge on any atom is -0.481 e. The Labute approximate surface area is 153 Å². The van der Waals surface area contributed by atoms with Crippen LogP contribution in [0.4, 0.5) is 0 Å². The van der Waals surface area contributed by atoms with Gasteiger partial charge in [-0.3, -0.25) is 14.4 Å². The summed E-state index contributed by atoms with van der Waals surface area (Å²) in [6.07, 6.45) is 3.39. The van der Waals surface area contributed by atoms with Crippen LogP contribution in [0.25, 0.3) is 0 Å². The summed E-state index contributed by atoms with van der Waals surface area (Å²) in [5.41, 5.74) is 1.76. The van der Waals surface area contributed by atoms with Crippen LogP contribution < -0.4 is 5.32 Å². The average Bonchev–Trinajstić information content (AvgIpc) is 3.11. The third-order valence-corrected chi connectivity index (χ3v) is 5.51. The summed E-state index contributed by atoms with van der Waals surface area (Å²) >= 11 is 0. The summed E-state index contributed by atoms with van der Waals surface area (Å²) in [5.74, 6) is -1.45. The van der Waals surface area contributed by atoms with Gasteiger partial charge in [0.25, 0.3) is 5.91 Å². The predicted molar refractivity (Wildman–Crippen MR) is 96.7 cm³/mol. The number of carboxylic acid groups (broad SMARTS) is 1. The molecule has 3 atom stereocenters. The Morgan fingerprint density at radius 1 is 1.08 bits per heavy atom. The molecule has 0 aromatic heterocycles. The first-order chi connectivity index (χ1) is 12.4. The number of aryl methyl sites for hydroxylation is 1. The summed E-state index contributed by atoms with van der Waals surface area (Å²) < 4.78 is 0. The Hall–Kier alpha value is -2.37. The van der Waals surface area contributed by atoms with Crippen LogP contribution in [-0.4, -0.2) is 46.9 Å². The van der Waals surface area contributed by atoms with Crippen molar-refractivity contribution in [3.63, 3.8) is 0 Å². The summed E-state index contributed by atoms with van der Waals surface area (Å²) in [7, 11) is 0. The maximum absolute atomic E-state index is 12.7. The molecule has 0 spiro atoms. The topological polar surface area (TPSA) is 86.7 Å². The van der Waals surface area contributed by atoms with Gasteiger partial charge >= 0.3 is 5.97 Å². The van der Waals surface area contributed by atoms with Gasteiger partial charge in [0.2, 0.25) is 5.91 Å². The normalized spacial score (nSPS) is 25.7. The van der Waals surface area contributed by atoms with Gasteiger partial charge in [0.15, 0.2) is 0 Å². The van der Waals surface area contributed by atoms with Crippen LogP contribution in [-0.2, 0) is 9.59 Å². The highest BCUT2D eigenvalue weighted by Gasteiger charge is 2.34. The molecule has 6 heteroatoms. The van der Waals surface area contributed by atoms with Crippen molar-refractivity contribution in [2.75, 3.05) is 13.1 Å². The molecule has 0 radical (unpaired) electrons. The molecule has 1 aromatic carbocycles. The number of carbonyl (C=O) groups is 3. The second-order valence-electron chi connectivity index (χ2n) is 7.51. The fourth-order valence-electron chi connectivity index (χ4n) is 3.91. The Bertz CT molecular complexity index is 686. The number of amides is 2. The van der Waals surface area contributed by atoms with E-state index in [9.17, 15) is 14.4 Å². The van der Waals surface area contributed by atoms with Crippen LogP contribution in [0, 0.1) is 18.8 Å². The Kier molecular flexibility index (Phi) is 5.59. The molecular formula is C20H26N2O4. The van der Waals surface area contributed by atoms with Gasteiger partial charge in [-0.1, -0.05) is 17.7 Å². The minimum atomic E-state index is -0.783. The van der Waals surface area contributed by atoms with Gasteiger partial charge in [-0.25, -0.2) is 0 Å². The third kappa shape index (κ3) is 4.23. The third-order valence-electron chi connectivity index (χ3n) is 5.51. The number of aliphatic carboxylic acids is 1. The lowest BCUT2D eigenvalue weighted by Crippen LogP contribution is -2.47. The second kappa shape index (κ2) is 7.89. The summed E-state index contributed by atoms with van der Waals surface area (Å²) in [6.45, 7) is 3.07. The number of hydrogen-bond acceptors (Lipinski definition) is 3. The van der Waals surface area contributed by atoms with E-state index in [0.717, 1.165) is 18.4 Å². The molecule has 1 aliphatic heterocycles. The number of likely N-dealkylation sites (tertiary alicyclic amines) is 1. The Morgan fingerprint density at radius 2 is 1.81 bits per heavy atom. The molecule has 1 aromatic rings. The van der Waals surface area contributed by atoms with Crippen molar-refractivity contribution in [3.8, 4) is 0 Å². The first-order valence-electron chi connectivity index (χ1n) is 9.33.